The number of rotatable bonds is 2. The molecule has 1 rings (SSSR count). The Morgan fingerprint density at radius 2 is 2.00 bits per heavy atom. The first-order chi connectivity index (χ1) is 6.38. The molecular weight excluding hydrogens is 197 g/mol. The Kier molecular flexibility index (Phi) is 3.43. The molecule has 0 saturated heterocycles. The summed E-state index contributed by atoms with van der Waals surface area (Å²) in [5.41, 5.74) is 7.25. The molecule has 0 fully saturated rings. The second-order valence-corrected chi connectivity index (χ2v) is 6.05. The third-order valence-electron chi connectivity index (χ3n) is 1.77. The molecule has 0 atom stereocenters. The molecule has 0 aliphatic rings. The van der Waals surface area contributed by atoms with E-state index in [1.165, 1.54) is 12.1 Å². The van der Waals surface area contributed by atoms with Gasteiger partial charge in [-0.25, -0.2) is 4.39 Å². The van der Waals surface area contributed by atoms with Crippen molar-refractivity contribution in [3.05, 3.63) is 29.6 Å². The standard InChI is InChI=1S/C11H16FNS/c1-11(2,3)14-7-8-4-5-9(12)6-10(8)13/h4-6H,7,13H2,1-3H3. The van der Waals surface area contributed by atoms with Gasteiger partial charge in [0.15, 0.2) is 0 Å². The molecule has 3 heteroatoms. The van der Waals surface area contributed by atoms with Gasteiger partial charge in [0, 0.05) is 16.2 Å². The van der Waals surface area contributed by atoms with E-state index in [1.807, 2.05) is 0 Å². The van der Waals surface area contributed by atoms with Gasteiger partial charge in [-0.3, -0.25) is 0 Å². The maximum Gasteiger partial charge on any atom is 0.125 e. The monoisotopic (exact) mass is 213 g/mol. The van der Waals surface area contributed by atoms with Crippen LogP contribution in [0.3, 0.4) is 0 Å². The third-order valence-corrected chi connectivity index (χ3v) is 3.09. The van der Waals surface area contributed by atoms with Crippen LogP contribution in [0, 0.1) is 5.82 Å². The molecule has 78 valence electrons. The van der Waals surface area contributed by atoms with E-state index in [9.17, 15) is 4.39 Å². The van der Waals surface area contributed by atoms with E-state index in [2.05, 4.69) is 20.8 Å². The molecule has 1 aromatic carbocycles. The summed E-state index contributed by atoms with van der Waals surface area (Å²) in [7, 11) is 0. The second-order valence-electron chi connectivity index (χ2n) is 4.24. The Morgan fingerprint density at radius 1 is 1.36 bits per heavy atom. The topological polar surface area (TPSA) is 26.0 Å². The quantitative estimate of drug-likeness (QED) is 0.762. The molecule has 1 aromatic rings. The van der Waals surface area contributed by atoms with Crippen LogP contribution < -0.4 is 5.73 Å². The van der Waals surface area contributed by atoms with Crippen LogP contribution in [0.4, 0.5) is 10.1 Å². The molecule has 1 nitrogen and oxygen atoms in total. The van der Waals surface area contributed by atoms with Gasteiger partial charge in [-0.05, 0) is 17.7 Å². The Balaban J connectivity index is 2.68. The minimum absolute atomic E-state index is 0.209. The average Bonchev–Trinajstić information content (AvgIpc) is 2.00. The number of thioether (sulfide) groups is 1. The number of hydrogen-bond donors (Lipinski definition) is 1. The van der Waals surface area contributed by atoms with E-state index in [-0.39, 0.29) is 10.6 Å². The van der Waals surface area contributed by atoms with E-state index < -0.39 is 0 Å². The van der Waals surface area contributed by atoms with Crippen molar-refractivity contribution < 1.29 is 4.39 Å². The van der Waals surface area contributed by atoms with Gasteiger partial charge in [-0.2, -0.15) is 11.8 Å². The highest BCUT2D eigenvalue weighted by atomic mass is 32.2. The summed E-state index contributed by atoms with van der Waals surface area (Å²) in [5.74, 6) is 0.558. The highest BCUT2D eigenvalue weighted by molar-refractivity contribution is 7.99. The van der Waals surface area contributed by atoms with Crippen molar-refractivity contribution in [1.29, 1.82) is 0 Å². The van der Waals surface area contributed by atoms with Crippen LogP contribution in [0.15, 0.2) is 18.2 Å². The Bertz CT molecular complexity index is 318. The van der Waals surface area contributed by atoms with Crippen LogP contribution in [-0.2, 0) is 5.75 Å². The zero-order valence-electron chi connectivity index (χ0n) is 8.80. The van der Waals surface area contributed by atoms with Gasteiger partial charge in [0.25, 0.3) is 0 Å². The predicted molar refractivity (Wildman–Crippen MR) is 61.9 cm³/mol. The number of anilines is 1. The van der Waals surface area contributed by atoms with Crippen molar-refractivity contribution in [1.82, 2.24) is 0 Å². The second kappa shape index (κ2) is 4.22. The lowest BCUT2D eigenvalue weighted by molar-refractivity contribution is 0.628. The van der Waals surface area contributed by atoms with Crippen molar-refractivity contribution in [3.63, 3.8) is 0 Å². The number of nitrogen functional groups attached to an aromatic ring is 1. The molecule has 0 heterocycles. The van der Waals surface area contributed by atoms with Crippen molar-refractivity contribution in [2.45, 2.75) is 31.3 Å². The van der Waals surface area contributed by atoms with E-state index in [0.29, 0.717) is 5.69 Å². The van der Waals surface area contributed by atoms with Crippen LogP contribution in [0.25, 0.3) is 0 Å². The highest BCUT2D eigenvalue weighted by Gasteiger charge is 2.11. The van der Waals surface area contributed by atoms with Crippen LogP contribution in [-0.4, -0.2) is 4.75 Å². The molecule has 0 aliphatic carbocycles. The first kappa shape index (κ1) is 11.4. The Hall–Kier alpha value is -0.700. The van der Waals surface area contributed by atoms with E-state index >= 15 is 0 Å². The van der Waals surface area contributed by atoms with Crippen molar-refractivity contribution in [2.75, 3.05) is 5.73 Å². The van der Waals surface area contributed by atoms with Gasteiger partial charge >= 0.3 is 0 Å². The number of benzene rings is 1. The summed E-state index contributed by atoms with van der Waals surface area (Å²) in [6, 6.07) is 4.58. The number of halogens is 1. The van der Waals surface area contributed by atoms with Crippen molar-refractivity contribution in [2.24, 2.45) is 0 Å². The molecule has 0 saturated carbocycles. The van der Waals surface area contributed by atoms with E-state index in [0.717, 1.165) is 11.3 Å². The van der Waals surface area contributed by atoms with Crippen LogP contribution in [0.5, 0.6) is 0 Å². The summed E-state index contributed by atoms with van der Waals surface area (Å²) in [5, 5.41) is 0. The fourth-order valence-electron chi connectivity index (χ4n) is 0.991. The minimum Gasteiger partial charge on any atom is -0.398 e. The molecular formula is C11H16FNS. The molecule has 14 heavy (non-hydrogen) atoms. The average molecular weight is 213 g/mol. The summed E-state index contributed by atoms with van der Waals surface area (Å²) < 4.78 is 12.9. The molecule has 0 aliphatic heterocycles. The van der Waals surface area contributed by atoms with Gasteiger partial charge < -0.3 is 5.73 Å². The van der Waals surface area contributed by atoms with Gasteiger partial charge in [0.2, 0.25) is 0 Å². The number of nitrogens with two attached hydrogens (primary N) is 1. The maximum atomic E-state index is 12.7. The van der Waals surface area contributed by atoms with Gasteiger partial charge in [0.1, 0.15) is 5.82 Å². The molecule has 0 aromatic heterocycles. The lowest BCUT2D eigenvalue weighted by atomic mass is 10.2. The van der Waals surface area contributed by atoms with Crippen molar-refractivity contribution >= 4 is 17.4 Å². The smallest absolute Gasteiger partial charge is 0.125 e. The maximum absolute atomic E-state index is 12.7. The highest BCUT2D eigenvalue weighted by Crippen LogP contribution is 2.29. The molecule has 0 spiro atoms. The molecule has 0 bridgehead atoms. The van der Waals surface area contributed by atoms with Gasteiger partial charge in [0.05, 0.1) is 0 Å². The summed E-state index contributed by atoms with van der Waals surface area (Å²) in [6.07, 6.45) is 0. The molecule has 0 unspecified atom stereocenters. The largest absolute Gasteiger partial charge is 0.398 e. The SMILES string of the molecule is CC(C)(C)SCc1ccc(F)cc1N. The zero-order valence-corrected chi connectivity index (χ0v) is 9.62. The van der Waals surface area contributed by atoms with Crippen LogP contribution in [0.1, 0.15) is 26.3 Å². The van der Waals surface area contributed by atoms with Crippen LogP contribution >= 0.6 is 11.8 Å². The third kappa shape index (κ3) is 3.58. The fraction of sp³-hybridized carbons (Fsp3) is 0.455. The summed E-state index contributed by atoms with van der Waals surface area (Å²) in [4.78, 5) is 0. The first-order valence-electron chi connectivity index (χ1n) is 4.56. The summed E-state index contributed by atoms with van der Waals surface area (Å²) >= 11 is 1.80. The Morgan fingerprint density at radius 3 is 2.50 bits per heavy atom. The first-order valence-corrected chi connectivity index (χ1v) is 5.55. The molecule has 0 radical (unpaired) electrons. The fourth-order valence-corrected chi connectivity index (χ4v) is 1.84. The predicted octanol–water partition coefficient (Wildman–Crippen LogP) is 3.44. The Labute approximate surface area is 88.9 Å². The normalized spacial score (nSPS) is 11.7. The van der Waals surface area contributed by atoms with Gasteiger partial charge in [-0.1, -0.05) is 26.8 Å². The van der Waals surface area contributed by atoms with E-state index in [1.54, 1.807) is 17.8 Å². The van der Waals surface area contributed by atoms with Crippen LogP contribution in [0.2, 0.25) is 0 Å². The molecule has 0 amide bonds. The zero-order chi connectivity index (χ0) is 10.8. The lowest BCUT2D eigenvalue weighted by Gasteiger charge is -2.18. The summed E-state index contributed by atoms with van der Waals surface area (Å²) in [6.45, 7) is 6.45. The minimum atomic E-state index is -0.271. The van der Waals surface area contributed by atoms with Crippen molar-refractivity contribution in [3.8, 4) is 0 Å². The van der Waals surface area contributed by atoms with E-state index in [4.69, 9.17) is 5.73 Å². The molecule has 2 N–H and O–H groups in total. The lowest BCUT2D eigenvalue weighted by Crippen LogP contribution is -2.08. The number of hydrogen-bond acceptors (Lipinski definition) is 2. The van der Waals surface area contributed by atoms with Gasteiger partial charge in [-0.15, -0.1) is 0 Å².